The van der Waals surface area contributed by atoms with Gasteiger partial charge in [0.25, 0.3) is 0 Å². The van der Waals surface area contributed by atoms with E-state index in [1.807, 2.05) is 23.9 Å². The van der Waals surface area contributed by atoms with E-state index in [4.69, 9.17) is 26.4 Å². The molecule has 0 fully saturated rings. The van der Waals surface area contributed by atoms with Gasteiger partial charge >= 0.3 is 5.97 Å². The summed E-state index contributed by atoms with van der Waals surface area (Å²) in [5.74, 6) is 2.78. The van der Waals surface area contributed by atoms with Crippen molar-refractivity contribution in [1.29, 1.82) is 0 Å². The number of thiophene rings is 1. The van der Waals surface area contributed by atoms with Gasteiger partial charge in [-0.05, 0) is 42.0 Å². The molecule has 0 unspecified atom stereocenters. The fourth-order valence-electron chi connectivity index (χ4n) is 2.79. The lowest BCUT2D eigenvalue weighted by atomic mass is 10.1. The average molecular weight is 419 g/mol. The van der Waals surface area contributed by atoms with Crippen LogP contribution in [0.4, 0.5) is 0 Å². The molecule has 3 aromatic rings. The van der Waals surface area contributed by atoms with Crippen molar-refractivity contribution < 1.29 is 14.6 Å². The molecule has 1 N–H and O–H groups in total. The van der Waals surface area contributed by atoms with Crippen molar-refractivity contribution in [3.8, 4) is 22.3 Å². The lowest BCUT2D eigenvalue weighted by Gasteiger charge is -2.18. The second-order valence-corrected chi connectivity index (χ2v) is 8.82. The molecule has 0 radical (unpaired) electrons. The Labute approximate surface area is 169 Å². The van der Waals surface area contributed by atoms with Gasteiger partial charge < -0.3 is 9.84 Å². The molecular weight excluding hydrogens is 404 g/mol. The summed E-state index contributed by atoms with van der Waals surface area (Å²) in [6.07, 6.45) is 0.867. The van der Waals surface area contributed by atoms with Gasteiger partial charge in [0.2, 0.25) is 5.88 Å². The van der Waals surface area contributed by atoms with E-state index >= 15 is 0 Å². The van der Waals surface area contributed by atoms with E-state index in [2.05, 4.69) is 4.98 Å². The first-order valence-electron chi connectivity index (χ1n) is 8.30. The third-order valence-electron chi connectivity index (χ3n) is 4.07. The van der Waals surface area contributed by atoms with Crippen LogP contribution in [0, 0.1) is 0 Å². The van der Waals surface area contributed by atoms with Crippen molar-refractivity contribution >= 4 is 40.7 Å². The summed E-state index contributed by atoms with van der Waals surface area (Å²) in [7, 11) is 0. The van der Waals surface area contributed by atoms with Crippen molar-refractivity contribution in [3.63, 3.8) is 0 Å². The first-order chi connectivity index (χ1) is 13.1. The molecule has 1 aliphatic rings. The Balaban J connectivity index is 1.67. The molecule has 0 spiro atoms. The van der Waals surface area contributed by atoms with Gasteiger partial charge in [-0.1, -0.05) is 23.7 Å². The number of ether oxygens (including phenoxy) is 1. The van der Waals surface area contributed by atoms with Gasteiger partial charge in [-0.3, -0.25) is 4.79 Å². The first-order valence-corrected chi connectivity index (χ1v) is 10.7. The largest absolute Gasteiger partial charge is 0.481 e. The number of carbonyl (C=O) groups is 1. The number of aliphatic carboxylic acids is 1. The maximum absolute atomic E-state index is 10.8. The molecule has 3 heterocycles. The second-order valence-electron chi connectivity index (χ2n) is 6.00. The predicted molar refractivity (Wildman–Crippen MR) is 108 cm³/mol. The van der Waals surface area contributed by atoms with Gasteiger partial charge in [0.15, 0.2) is 5.82 Å². The molecule has 0 saturated heterocycles. The SMILES string of the molecule is O=C(O)Cc1ccc(Oc2nc(-c3ccc(Cl)s3)nc3c2CSCC3)cc1. The molecule has 27 heavy (non-hydrogen) atoms. The van der Waals surface area contributed by atoms with E-state index in [1.54, 1.807) is 24.3 Å². The fraction of sp³-hybridized carbons (Fsp3) is 0.211. The third-order valence-corrected chi connectivity index (χ3v) is 6.28. The monoisotopic (exact) mass is 418 g/mol. The lowest BCUT2D eigenvalue weighted by Crippen LogP contribution is -2.10. The number of nitrogens with zero attached hydrogens (tertiary/aromatic N) is 2. The van der Waals surface area contributed by atoms with E-state index in [-0.39, 0.29) is 6.42 Å². The van der Waals surface area contributed by atoms with Crippen LogP contribution in [0.2, 0.25) is 4.34 Å². The number of carboxylic acids is 1. The highest BCUT2D eigenvalue weighted by atomic mass is 35.5. The molecule has 0 amide bonds. The van der Waals surface area contributed by atoms with E-state index in [9.17, 15) is 4.79 Å². The highest BCUT2D eigenvalue weighted by Crippen LogP contribution is 2.36. The van der Waals surface area contributed by atoms with E-state index in [1.165, 1.54) is 11.3 Å². The van der Waals surface area contributed by atoms with Crippen LogP contribution >= 0.6 is 34.7 Å². The maximum Gasteiger partial charge on any atom is 0.307 e. The first kappa shape index (κ1) is 18.3. The van der Waals surface area contributed by atoms with Crippen molar-refractivity contribution in [2.75, 3.05) is 5.75 Å². The quantitative estimate of drug-likeness (QED) is 0.623. The van der Waals surface area contributed by atoms with E-state index in [0.717, 1.165) is 39.6 Å². The van der Waals surface area contributed by atoms with Crippen LogP contribution < -0.4 is 4.74 Å². The minimum atomic E-state index is -0.857. The zero-order chi connectivity index (χ0) is 18.8. The highest BCUT2D eigenvalue weighted by molar-refractivity contribution is 7.98. The zero-order valence-electron chi connectivity index (χ0n) is 14.1. The standard InChI is InChI=1S/C19H15ClN2O3S2/c20-16-6-5-15(27-16)18-21-14-7-8-26-10-13(14)19(22-18)25-12-3-1-11(2-4-12)9-17(23)24/h1-6H,7-10H2,(H,23,24). The number of halogens is 1. The Hall–Kier alpha value is -2.09. The fourth-order valence-corrected chi connectivity index (χ4v) is 4.75. The molecule has 4 rings (SSSR count). The molecule has 1 aliphatic heterocycles. The topological polar surface area (TPSA) is 72.3 Å². The summed E-state index contributed by atoms with van der Waals surface area (Å²) in [4.78, 5) is 21.1. The number of benzene rings is 1. The van der Waals surface area contributed by atoms with Crippen LogP contribution in [0.5, 0.6) is 11.6 Å². The second kappa shape index (κ2) is 7.88. The van der Waals surface area contributed by atoms with Gasteiger partial charge in [-0.15, -0.1) is 11.3 Å². The summed E-state index contributed by atoms with van der Waals surface area (Å²) in [6.45, 7) is 0. The number of aromatic nitrogens is 2. The van der Waals surface area contributed by atoms with Crippen LogP contribution in [0.15, 0.2) is 36.4 Å². The molecule has 0 bridgehead atoms. The van der Waals surface area contributed by atoms with E-state index in [0.29, 0.717) is 21.8 Å². The zero-order valence-corrected chi connectivity index (χ0v) is 16.5. The molecular formula is C19H15ClN2O3S2. The molecule has 2 aromatic heterocycles. The van der Waals surface area contributed by atoms with Crippen LogP contribution in [0.25, 0.3) is 10.7 Å². The number of rotatable bonds is 5. The van der Waals surface area contributed by atoms with Crippen molar-refractivity contribution in [1.82, 2.24) is 9.97 Å². The third kappa shape index (κ3) is 4.26. The Kier molecular flexibility index (Phi) is 5.33. The normalized spacial score (nSPS) is 13.2. The lowest BCUT2D eigenvalue weighted by molar-refractivity contribution is -0.136. The van der Waals surface area contributed by atoms with Gasteiger partial charge in [0, 0.05) is 11.3 Å². The van der Waals surface area contributed by atoms with Crippen LogP contribution in [-0.4, -0.2) is 26.8 Å². The summed E-state index contributed by atoms with van der Waals surface area (Å²) in [6, 6.07) is 10.8. The Morgan fingerprint density at radius 1 is 1.19 bits per heavy atom. The molecule has 0 saturated carbocycles. The minimum Gasteiger partial charge on any atom is -0.481 e. The molecule has 138 valence electrons. The minimum absolute atomic E-state index is 0.0108. The molecule has 0 aliphatic carbocycles. The number of hydrogen-bond donors (Lipinski definition) is 1. The molecule has 8 heteroatoms. The number of thioether (sulfide) groups is 1. The van der Waals surface area contributed by atoms with E-state index < -0.39 is 5.97 Å². The van der Waals surface area contributed by atoms with Crippen LogP contribution in [0.3, 0.4) is 0 Å². The van der Waals surface area contributed by atoms with Crippen molar-refractivity contribution in [3.05, 3.63) is 57.6 Å². The molecule has 1 aromatic carbocycles. The number of hydrogen-bond acceptors (Lipinski definition) is 6. The summed E-state index contributed by atoms with van der Waals surface area (Å²) < 4.78 is 6.76. The van der Waals surface area contributed by atoms with Gasteiger partial charge in [-0.2, -0.15) is 16.7 Å². The number of carboxylic acid groups (broad SMARTS) is 1. The predicted octanol–water partition coefficient (Wildman–Crippen LogP) is 5.07. The summed E-state index contributed by atoms with van der Waals surface area (Å²) in [5.41, 5.74) is 2.76. The Morgan fingerprint density at radius 2 is 2.00 bits per heavy atom. The Bertz CT molecular complexity index is 989. The average Bonchev–Trinajstić information content (AvgIpc) is 3.09. The maximum atomic E-state index is 10.8. The van der Waals surface area contributed by atoms with Gasteiger partial charge in [0.05, 0.1) is 21.3 Å². The molecule has 0 atom stereocenters. The summed E-state index contributed by atoms with van der Waals surface area (Å²) >= 11 is 9.33. The highest BCUT2D eigenvalue weighted by Gasteiger charge is 2.21. The smallest absolute Gasteiger partial charge is 0.307 e. The summed E-state index contributed by atoms with van der Waals surface area (Å²) in [5, 5.41) is 8.89. The van der Waals surface area contributed by atoms with Crippen LogP contribution in [0.1, 0.15) is 16.8 Å². The number of fused-ring (bicyclic) bond motifs is 1. The van der Waals surface area contributed by atoms with Gasteiger partial charge in [-0.25, -0.2) is 4.98 Å². The number of aryl methyl sites for hydroxylation is 1. The van der Waals surface area contributed by atoms with Crippen molar-refractivity contribution in [2.24, 2.45) is 0 Å². The van der Waals surface area contributed by atoms with Crippen molar-refractivity contribution in [2.45, 2.75) is 18.6 Å². The Morgan fingerprint density at radius 3 is 2.70 bits per heavy atom. The molecule has 5 nitrogen and oxygen atoms in total. The van der Waals surface area contributed by atoms with Gasteiger partial charge in [0.1, 0.15) is 5.75 Å². The van der Waals surface area contributed by atoms with Crippen LogP contribution in [-0.2, 0) is 23.4 Å².